The van der Waals surface area contributed by atoms with Gasteiger partial charge in [-0.1, -0.05) is 0 Å². The van der Waals surface area contributed by atoms with Gasteiger partial charge in [-0.15, -0.1) is 0 Å². The first kappa shape index (κ1) is 20.3. The molecule has 2 saturated heterocycles. The number of morpholine rings is 1. The Bertz CT molecular complexity index is 747. The van der Waals surface area contributed by atoms with Crippen molar-refractivity contribution in [1.29, 1.82) is 0 Å². The van der Waals surface area contributed by atoms with Crippen molar-refractivity contribution in [2.45, 2.75) is 45.6 Å². The second kappa shape index (κ2) is 8.39. The van der Waals surface area contributed by atoms with Gasteiger partial charge in [0.05, 0.1) is 30.9 Å². The lowest BCUT2D eigenvalue weighted by molar-refractivity contribution is -0.168. The number of hydrogen-bond acceptors (Lipinski definition) is 7. The second-order valence-electron chi connectivity index (χ2n) is 8.42. The van der Waals surface area contributed by atoms with Gasteiger partial charge in [0.1, 0.15) is 0 Å². The molecule has 0 aromatic carbocycles. The van der Waals surface area contributed by atoms with Gasteiger partial charge in [-0.05, 0) is 45.4 Å². The van der Waals surface area contributed by atoms with E-state index in [1.807, 2.05) is 6.92 Å². The first-order valence-electron chi connectivity index (χ1n) is 10.7. The summed E-state index contributed by atoms with van der Waals surface area (Å²) in [5.41, 5.74) is 0.299. The summed E-state index contributed by atoms with van der Waals surface area (Å²) in [5.74, 6) is -0.0842. The van der Waals surface area contributed by atoms with Crippen molar-refractivity contribution in [2.75, 3.05) is 46.0 Å². The maximum absolute atomic E-state index is 13.1. The van der Waals surface area contributed by atoms with Crippen LogP contribution in [-0.2, 0) is 14.3 Å². The SMILES string of the molecule is CCOC(=O)[C@@]12CC[C@@H](N3CCOCC3)C[C@H]1CCN(C(=O)c1n[nH]nc1C)C2. The van der Waals surface area contributed by atoms with Crippen LogP contribution in [0.1, 0.15) is 48.8 Å². The van der Waals surface area contributed by atoms with Crippen molar-refractivity contribution >= 4 is 11.9 Å². The first-order chi connectivity index (χ1) is 14.0. The van der Waals surface area contributed by atoms with Crippen LogP contribution in [0.5, 0.6) is 0 Å². The van der Waals surface area contributed by atoms with Crippen molar-refractivity contribution < 1.29 is 19.1 Å². The average Bonchev–Trinajstić information content (AvgIpc) is 3.19. The highest BCUT2D eigenvalue weighted by Crippen LogP contribution is 2.48. The molecule has 2 aliphatic heterocycles. The van der Waals surface area contributed by atoms with Crippen LogP contribution < -0.4 is 0 Å². The molecule has 160 valence electrons. The van der Waals surface area contributed by atoms with Crippen molar-refractivity contribution in [2.24, 2.45) is 11.3 Å². The molecule has 9 heteroatoms. The van der Waals surface area contributed by atoms with Gasteiger partial charge >= 0.3 is 5.97 Å². The number of aromatic nitrogens is 3. The van der Waals surface area contributed by atoms with Crippen LogP contribution >= 0.6 is 0 Å². The van der Waals surface area contributed by atoms with Crippen molar-refractivity contribution in [3.05, 3.63) is 11.4 Å². The van der Waals surface area contributed by atoms with Crippen LogP contribution in [0.3, 0.4) is 0 Å². The minimum Gasteiger partial charge on any atom is -0.466 e. The summed E-state index contributed by atoms with van der Waals surface area (Å²) in [4.78, 5) is 30.4. The maximum atomic E-state index is 13.1. The zero-order valence-electron chi connectivity index (χ0n) is 17.4. The molecule has 0 spiro atoms. The number of ether oxygens (including phenoxy) is 2. The monoisotopic (exact) mass is 405 g/mol. The number of piperidine rings is 1. The standard InChI is InChI=1S/C20H31N5O4/c1-3-29-19(27)20-6-4-16(24-8-10-28-11-9-24)12-15(20)5-7-25(13-20)18(26)17-14(2)21-23-22-17/h15-16H,3-13H2,1-2H3,(H,21,22,23)/t15-,16-,20-/m1/s1. The number of fused-ring (bicyclic) bond motifs is 1. The number of likely N-dealkylation sites (tertiary alicyclic amines) is 1. The molecular weight excluding hydrogens is 374 g/mol. The van der Waals surface area contributed by atoms with Crippen molar-refractivity contribution in [3.63, 3.8) is 0 Å². The Morgan fingerprint density at radius 1 is 1.24 bits per heavy atom. The fourth-order valence-corrected chi connectivity index (χ4v) is 5.33. The maximum Gasteiger partial charge on any atom is 0.314 e. The molecule has 1 aromatic heterocycles. The van der Waals surface area contributed by atoms with E-state index in [9.17, 15) is 9.59 Å². The fourth-order valence-electron chi connectivity index (χ4n) is 5.33. The number of hydrogen-bond donors (Lipinski definition) is 1. The van der Waals surface area contributed by atoms with E-state index >= 15 is 0 Å². The third-order valence-electron chi connectivity index (χ3n) is 6.94. The van der Waals surface area contributed by atoms with Crippen LogP contribution in [0.4, 0.5) is 0 Å². The van der Waals surface area contributed by atoms with Crippen LogP contribution in [0.2, 0.25) is 0 Å². The van der Waals surface area contributed by atoms with Gasteiger partial charge in [0, 0.05) is 32.2 Å². The van der Waals surface area contributed by atoms with Gasteiger partial charge in [0.2, 0.25) is 0 Å². The summed E-state index contributed by atoms with van der Waals surface area (Å²) in [6.45, 7) is 8.47. The number of carbonyl (C=O) groups excluding carboxylic acids is 2. The van der Waals surface area contributed by atoms with Crippen molar-refractivity contribution in [1.82, 2.24) is 25.2 Å². The average molecular weight is 405 g/mol. The summed E-state index contributed by atoms with van der Waals surface area (Å²) in [7, 11) is 0. The van der Waals surface area contributed by atoms with Crippen LogP contribution in [0.25, 0.3) is 0 Å². The fraction of sp³-hybridized carbons (Fsp3) is 0.800. The highest BCUT2D eigenvalue weighted by atomic mass is 16.5. The van der Waals surface area contributed by atoms with E-state index in [0.717, 1.165) is 52.0 Å². The highest BCUT2D eigenvalue weighted by Gasteiger charge is 2.54. The normalized spacial score (nSPS) is 30.6. The molecule has 29 heavy (non-hydrogen) atoms. The topological polar surface area (TPSA) is 101 Å². The predicted molar refractivity (Wildman–Crippen MR) is 104 cm³/mol. The molecule has 1 aromatic rings. The molecule has 3 atom stereocenters. The molecule has 3 fully saturated rings. The molecule has 1 N–H and O–H groups in total. The molecule has 0 radical (unpaired) electrons. The number of nitrogens with one attached hydrogen (secondary N) is 1. The van der Waals surface area contributed by atoms with E-state index in [1.165, 1.54) is 0 Å². The minimum absolute atomic E-state index is 0.153. The molecule has 0 unspecified atom stereocenters. The van der Waals surface area contributed by atoms with Gasteiger partial charge in [-0.25, -0.2) is 0 Å². The van der Waals surface area contributed by atoms with Crippen LogP contribution in [0, 0.1) is 18.3 Å². The number of aromatic amines is 1. The largest absolute Gasteiger partial charge is 0.466 e. The van der Waals surface area contributed by atoms with E-state index in [-0.39, 0.29) is 17.8 Å². The number of H-pyrrole nitrogens is 1. The Kier molecular flexibility index (Phi) is 5.87. The van der Waals surface area contributed by atoms with Crippen LogP contribution in [0.15, 0.2) is 0 Å². The second-order valence-corrected chi connectivity index (χ2v) is 8.42. The van der Waals surface area contributed by atoms with Gasteiger partial charge in [-0.2, -0.15) is 15.4 Å². The number of esters is 1. The van der Waals surface area contributed by atoms with Gasteiger partial charge in [0.15, 0.2) is 5.69 Å². The number of aryl methyl sites for hydroxylation is 1. The lowest BCUT2D eigenvalue weighted by atomic mass is 9.61. The molecule has 9 nitrogen and oxygen atoms in total. The Morgan fingerprint density at radius 3 is 2.72 bits per heavy atom. The molecule has 1 saturated carbocycles. The minimum atomic E-state index is -0.621. The molecule has 0 bridgehead atoms. The Morgan fingerprint density at radius 2 is 2.03 bits per heavy atom. The summed E-state index contributed by atoms with van der Waals surface area (Å²) in [5, 5.41) is 10.5. The number of amides is 1. The number of rotatable bonds is 4. The Balaban J connectivity index is 1.53. The Labute approximate surface area is 171 Å². The number of carbonyl (C=O) groups is 2. The van der Waals surface area contributed by atoms with E-state index in [1.54, 1.807) is 11.8 Å². The molecular formula is C20H31N5O4. The third-order valence-corrected chi connectivity index (χ3v) is 6.94. The molecule has 3 aliphatic rings. The van der Waals surface area contributed by atoms with Crippen LogP contribution in [-0.4, -0.2) is 89.1 Å². The summed E-state index contributed by atoms with van der Waals surface area (Å²) >= 11 is 0. The Hall–Kier alpha value is -2.00. The number of nitrogens with zero attached hydrogens (tertiary/aromatic N) is 4. The summed E-state index contributed by atoms with van der Waals surface area (Å²) in [6, 6.07) is 0.478. The summed E-state index contributed by atoms with van der Waals surface area (Å²) in [6.07, 6.45) is 3.48. The quantitative estimate of drug-likeness (QED) is 0.746. The highest BCUT2D eigenvalue weighted by molar-refractivity contribution is 5.93. The van der Waals surface area contributed by atoms with Crippen molar-refractivity contribution in [3.8, 4) is 0 Å². The zero-order chi connectivity index (χ0) is 20.4. The predicted octanol–water partition coefficient (Wildman–Crippen LogP) is 1.01. The lowest BCUT2D eigenvalue weighted by Gasteiger charge is -2.52. The van der Waals surface area contributed by atoms with E-state index < -0.39 is 5.41 Å². The zero-order valence-corrected chi connectivity index (χ0v) is 17.4. The molecule has 3 heterocycles. The smallest absolute Gasteiger partial charge is 0.314 e. The third kappa shape index (κ3) is 3.77. The molecule has 1 aliphatic carbocycles. The van der Waals surface area contributed by atoms with Gasteiger partial charge in [-0.3, -0.25) is 14.5 Å². The van der Waals surface area contributed by atoms with E-state index in [4.69, 9.17) is 9.47 Å². The lowest BCUT2D eigenvalue weighted by Crippen LogP contribution is -2.59. The molecule has 4 rings (SSSR count). The van der Waals surface area contributed by atoms with Gasteiger partial charge in [0.25, 0.3) is 5.91 Å². The first-order valence-corrected chi connectivity index (χ1v) is 10.7. The van der Waals surface area contributed by atoms with E-state index in [0.29, 0.717) is 37.1 Å². The van der Waals surface area contributed by atoms with E-state index in [2.05, 4.69) is 20.3 Å². The van der Waals surface area contributed by atoms with Gasteiger partial charge < -0.3 is 14.4 Å². The molecule has 1 amide bonds. The summed E-state index contributed by atoms with van der Waals surface area (Å²) < 4.78 is 11.0.